The van der Waals surface area contributed by atoms with E-state index in [1.165, 1.54) is 0 Å². The maximum Gasteiger partial charge on any atom is 0.243 e. The molecule has 4 aromatic carbocycles. The Morgan fingerprint density at radius 1 is 0.690 bits per heavy atom. The van der Waals surface area contributed by atoms with Crippen LogP contribution < -0.4 is 19.5 Å². The Morgan fingerprint density at radius 3 is 1.93 bits per heavy atom. The lowest BCUT2D eigenvalue weighted by atomic mass is 10.0. The van der Waals surface area contributed by atoms with Crippen molar-refractivity contribution in [3.8, 4) is 17.2 Å². The molecule has 4 aromatic rings. The van der Waals surface area contributed by atoms with E-state index in [4.69, 9.17) is 14.2 Å². The van der Waals surface area contributed by atoms with E-state index in [0.29, 0.717) is 30.9 Å². The number of carbonyl (C=O) groups is 2. The molecule has 42 heavy (non-hydrogen) atoms. The fourth-order valence-electron chi connectivity index (χ4n) is 4.84. The van der Waals surface area contributed by atoms with Gasteiger partial charge in [-0.3, -0.25) is 9.59 Å². The van der Waals surface area contributed by atoms with Crippen molar-refractivity contribution in [3.05, 3.63) is 125 Å². The largest absolute Gasteiger partial charge is 0.497 e. The summed E-state index contributed by atoms with van der Waals surface area (Å²) in [5.41, 5.74) is 3.79. The number of nitrogens with one attached hydrogen (secondary N) is 1. The second-order valence-electron chi connectivity index (χ2n) is 9.97. The van der Waals surface area contributed by atoms with Gasteiger partial charge in [-0.15, -0.1) is 0 Å². The summed E-state index contributed by atoms with van der Waals surface area (Å²) in [6, 6.07) is 32.0. The molecule has 0 aliphatic heterocycles. The van der Waals surface area contributed by atoms with Crippen molar-refractivity contribution in [2.24, 2.45) is 0 Å². The summed E-state index contributed by atoms with van der Waals surface area (Å²) in [5.74, 6) is 1.71. The van der Waals surface area contributed by atoms with Crippen LogP contribution in [-0.4, -0.2) is 50.6 Å². The summed E-state index contributed by atoms with van der Waals surface area (Å²) >= 11 is 0. The molecular weight excluding hydrogens is 528 g/mol. The van der Waals surface area contributed by atoms with Crippen LogP contribution in [-0.2, 0) is 35.4 Å². The standard InChI is InChI=1S/C35H38N2O5/c1-40-30-17-14-29(15-18-30)25-37(34(38)24-27-12-8-5-9-13-27)31(22-26-10-6-4-7-11-26)35(39)36-21-20-28-16-19-32(41-2)33(23-28)42-3/h4-19,23,31H,20-22,24-25H2,1-3H3,(H,36,39)/t31-/m0/s1. The van der Waals surface area contributed by atoms with E-state index in [2.05, 4.69) is 5.32 Å². The zero-order chi connectivity index (χ0) is 29.7. The minimum absolute atomic E-state index is 0.118. The Morgan fingerprint density at radius 2 is 1.31 bits per heavy atom. The molecule has 1 N–H and O–H groups in total. The van der Waals surface area contributed by atoms with E-state index in [9.17, 15) is 9.59 Å². The molecule has 0 aliphatic rings. The van der Waals surface area contributed by atoms with Crippen LogP contribution in [0.5, 0.6) is 17.2 Å². The first-order valence-electron chi connectivity index (χ1n) is 14.0. The molecule has 0 radical (unpaired) electrons. The molecule has 0 heterocycles. The summed E-state index contributed by atoms with van der Waals surface area (Å²) in [6.45, 7) is 0.694. The van der Waals surface area contributed by atoms with Crippen molar-refractivity contribution in [2.75, 3.05) is 27.9 Å². The molecule has 0 saturated heterocycles. The van der Waals surface area contributed by atoms with Gasteiger partial charge in [0.05, 0.1) is 27.8 Å². The van der Waals surface area contributed by atoms with Gasteiger partial charge in [0.25, 0.3) is 0 Å². The van der Waals surface area contributed by atoms with Gasteiger partial charge in [-0.1, -0.05) is 78.9 Å². The Labute approximate surface area is 248 Å². The first-order valence-corrected chi connectivity index (χ1v) is 14.0. The van der Waals surface area contributed by atoms with Crippen molar-refractivity contribution in [1.29, 1.82) is 0 Å². The third-order valence-electron chi connectivity index (χ3n) is 7.14. The molecule has 4 rings (SSSR count). The van der Waals surface area contributed by atoms with E-state index < -0.39 is 6.04 Å². The van der Waals surface area contributed by atoms with E-state index in [1.807, 2.05) is 103 Å². The van der Waals surface area contributed by atoms with Gasteiger partial charge in [0, 0.05) is 19.5 Å². The predicted octanol–water partition coefficient (Wildman–Crippen LogP) is 5.25. The summed E-state index contributed by atoms with van der Waals surface area (Å²) in [4.78, 5) is 29.5. The molecule has 0 fully saturated rings. The van der Waals surface area contributed by atoms with E-state index >= 15 is 0 Å². The number of methoxy groups -OCH3 is 3. The smallest absolute Gasteiger partial charge is 0.243 e. The fourth-order valence-corrected chi connectivity index (χ4v) is 4.84. The number of nitrogens with zero attached hydrogens (tertiary/aromatic N) is 1. The Kier molecular flexibility index (Phi) is 11.0. The maximum atomic E-state index is 13.9. The molecule has 7 heteroatoms. The highest BCUT2D eigenvalue weighted by Crippen LogP contribution is 2.27. The Hall–Kier alpha value is -4.78. The molecule has 218 valence electrons. The normalized spacial score (nSPS) is 11.3. The molecule has 0 spiro atoms. The van der Waals surface area contributed by atoms with Crippen molar-refractivity contribution < 1.29 is 23.8 Å². The van der Waals surface area contributed by atoms with Gasteiger partial charge in [-0.2, -0.15) is 0 Å². The summed E-state index contributed by atoms with van der Waals surface area (Å²) < 4.78 is 16.1. The zero-order valence-electron chi connectivity index (χ0n) is 24.4. The van der Waals surface area contributed by atoms with E-state index in [0.717, 1.165) is 28.0 Å². The van der Waals surface area contributed by atoms with Crippen LogP contribution in [0, 0.1) is 0 Å². The number of carbonyl (C=O) groups excluding carboxylic acids is 2. The maximum absolute atomic E-state index is 13.9. The van der Waals surface area contributed by atoms with Crippen LogP contribution >= 0.6 is 0 Å². The Bertz CT molecular complexity index is 1430. The van der Waals surface area contributed by atoms with Gasteiger partial charge < -0.3 is 24.4 Å². The summed E-state index contributed by atoms with van der Waals surface area (Å²) in [5, 5.41) is 3.10. The highest BCUT2D eigenvalue weighted by atomic mass is 16.5. The predicted molar refractivity (Wildman–Crippen MR) is 164 cm³/mol. The van der Waals surface area contributed by atoms with Crippen LogP contribution in [0.2, 0.25) is 0 Å². The van der Waals surface area contributed by atoms with Crippen molar-refractivity contribution in [1.82, 2.24) is 10.2 Å². The lowest BCUT2D eigenvalue weighted by molar-refractivity contribution is -0.140. The minimum Gasteiger partial charge on any atom is -0.497 e. The van der Waals surface area contributed by atoms with Gasteiger partial charge in [0.2, 0.25) is 11.8 Å². The van der Waals surface area contributed by atoms with E-state index in [1.54, 1.807) is 26.2 Å². The zero-order valence-corrected chi connectivity index (χ0v) is 24.4. The first kappa shape index (κ1) is 30.2. The SMILES string of the molecule is COc1ccc(CN(C(=O)Cc2ccccc2)[C@@H](Cc2ccccc2)C(=O)NCCc2ccc(OC)c(OC)c2)cc1. The number of hydrogen-bond donors (Lipinski definition) is 1. The number of ether oxygens (including phenoxy) is 3. The van der Waals surface area contributed by atoms with Gasteiger partial charge >= 0.3 is 0 Å². The first-order chi connectivity index (χ1) is 20.5. The van der Waals surface area contributed by atoms with Crippen molar-refractivity contribution in [2.45, 2.75) is 31.8 Å². The van der Waals surface area contributed by atoms with Gasteiger partial charge in [0.15, 0.2) is 11.5 Å². The van der Waals surface area contributed by atoms with Gasteiger partial charge in [-0.25, -0.2) is 0 Å². The third-order valence-corrected chi connectivity index (χ3v) is 7.14. The number of hydrogen-bond acceptors (Lipinski definition) is 5. The fraction of sp³-hybridized carbons (Fsp3) is 0.257. The van der Waals surface area contributed by atoms with Crippen LogP contribution in [0.4, 0.5) is 0 Å². The Balaban J connectivity index is 1.58. The lowest BCUT2D eigenvalue weighted by Gasteiger charge is -2.32. The average molecular weight is 567 g/mol. The summed E-state index contributed by atoms with van der Waals surface area (Å²) in [7, 11) is 4.82. The molecule has 0 aliphatic carbocycles. The van der Waals surface area contributed by atoms with Crippen molar-refractivity contribution >= 4 is 11.8 Å². The molecule has 1 atom stereocenters. The minimum atomic E-state index is -0.712. The molecule has 0 saturated carbocycles. The monoisotopic (exact) mass is 566 g/mol. The number of rotatable bonds is 14. The highest BCUT2D eigenvalue weighted by molar-refractivity contribution is 5.88. The second kappa shape index (κ2) is 15.3. The van der Waals surface area contributed by atoms with Gasteiger partial charge in [0.1, 0.15) is 11.8 Å². The van der Waals surface area contributed by atoms with Crippen molar-refractivity contribution in [3.63, 3.8) is 0 Å². The highest BCUT2D eigenvalue weighted by Gasteiger charge is 2.30. The third kappa shape index (κ3) is 8.36. The topological polar surface area (TPSA) is 77.1 Å². The van der Waals surface area contributed by atoms with Crippen LogP contribution in [0.1, 0.15) is 22.3 Å². The van der Waals surface area contributed by atoms with Crippen LogP contribution in [0.25, 0.3) is 0 Å². The summed E-state index contributed by atoms with van der Waals surface area (Å²) in [6.07, 6.45) is 1.18. The molecule has 0 unspecified atom stereocenters. The quantitative estimate of drug-likeness (QED) is 0.226. The average Bonchev–Trinajstić information content (AvgIpc) is 3.03. The van der Waals surface area contributed by atoms with Crippen LogP contribution in [0.15, 0.2) is 103 Å². The lowest BCUT2D eigenvalue weighted by Crippen LogP contribution is -2.51. The number of benzene rings is 4. The molecule has 0 aromatic heterocycles. The molecular formula is C35H38N2O5. The second-order valence-corrected chi connectivity index (χ2v) is 9.97. The van der Waals surface area contributed by atoms with Crippen LogP contribution in [0.3, 0.4) is 0 Å². The molecule has 0 bridgehead atoms. The number of amides is 2. The van der Waals surface area contributed by atoms with E-state index in [-0.39, 0.29) is 24.8 Å². The van der Waals surface area contributed by atoms with Gasteiger partial charge in [-0.05, 0) is 52.9 Å². The molecule has 7 nitrogen and oxygen atoms in total. The molecule has 2 amide bonds.